The Balaban J connectivity index is 1.55. The van der Waals surface area contributed by atoms with Crippen LogP contribution < -0.4 is 10.1 Å². The van der Waals surface area contributed by atoms with Crippen LogP contribution in [0.1, 0.15) is 30.9 Å². The van der Waals surface area contributed by atoms with Gasteiger partial charge in [0.25, 0.3) is 0 Å². The summed E-state index contributed by atoms with van der Waals surface area (Å²) in [6.07, 6.45) is 7.13. The van der Waals surface area contributed by atoms with E-state index in [-0.39, 0.29) is 11.4 Å². The van der Waals surface area contributed by atoms with Gasteiger partial charge < -0.3 is 4.74 Å². The second-order valence-electron chi connectivity index (χ2n) is 8.01. The van der Waals surface area contributed by atoms with Crippen molar-refractivity contribution in [2.75, 3.05) is 12.4 Å². The molecule has 0 unspecified atom stereocenters. The van der Waals surface area contributed by atoms with E-state index < -0.39 is 0 Å². The standard InChI is InChI=1S/C23H24N6O2S/c1-15-19(32-21(26-15)28-22(30)29-12-11-24-14-29)18-9-10-25-20(27-18)23(2,3)13-16-5-7-17(31-4)8-6-16/h5-12,14H,13H2,1-4H3,(H,26,28,30). The Bertz CT molecular complexity index is 1220. The number of carbonyl (C=O) groups excluding carboxylic acids is 1. The van der Waals surface area contributed by atoms with Crippen LogP contribution in [0, 0.1) is 6.92 Å². The van der Waals surface area contributed by atoms with E-state index in [0.717, 1.165) is 34.3 Å². The van der Waals surface area contributed by atoms with Crippen LogP contribution in [-0.2, 0) is 11.8 Å². The Hall–Kier alpha value is -3.59. The lowest BCUT2D eigenvalue weighted by atomic mass is 9.84. The summed E-state index contributed by atoms with van der Waals surface area (Å²) in [7, 11) is 1.66. The molecule has 8 nitrogen and oxygen atoms in total. The first-order chi connectivity index (χ1) is 15.4. The van der Waals surface area contributed by atoms with Crippen molar-refractivity contribution in [2.24, 2.45) is 0 Å². The number of ether oxygens (including phenoxy) is 1. The van der Waals surface area contributed by atoms with Crippen LogP contribution in [-0.4, -0.2) is 37.6 Å². The number of aromatic nitrogens is 5. The van der Waals surface area contributed by atoms with Crippen molar-refractivity contribution in [2.45, 2.75) is 32.6 Å². The van der Waals surface area contributed by atoms with Crippen molar-refractivity contribution in [3.8, 4) is 16.3 Å². The van der Waals surface area contributed by atoms with Crippen molar-refractivity contribution in [1.29, 1.82) is 0 Å². The third kappa shape index (κ3) is 4.67. The molecule has 0 aliphatic rings. The molecule has 32 heavy (non-hydrogen) atoms. The fraction of sp³-hybridized carbons (Fsp3) is 0.261. The number of hydrogen-bond donors (Lipinski definition) is 1. The van der Waals surface area contributed by atoms with E-state index in [1.807, 2.05) is 25.1 Å². The van der Waals surface area contributed by atoms with Gasteiger partial charge in [-0.05, 0) is 37.1 Å². The number of rotatable bonds is 6. The number of hydrogen-bond acceptors (Lipinski definition) is 7. The predicted molar refractivity (Wildman–Crippen MR) is 124 cm³/mol. The summed E-state index contributed by atoms with van der Waals surface area (Å²) in [6, 6.07) is 9.60. The molecule has 3 aromatic heterocycles. The van der Waals surface area contributed by atoms with Gasteiger partial charge in [0.05, 0.1) is 23.4 Å². The van der Waals surface area contributed by atoms with E-state index in [2.05, 4.69) is 46.2 Å². The van der Waals surface area contributed by atoms with Gasteiger partial charge in [0, 0.05) is 24.0 Å². The average Bonchev–Trinajstić information content (AvgIpc) is 3.44. The molecule has 0 bridgehead atoms. The Morgan fingerprint density at radius 1 is 1.16 bits per heavy atom. The molecular weight excluding hydrogens is 424 g/mol. The molecule has 3 heterocycles. The second-order valence-corrected chi connectivity index (χ2v) is 9.01. The van der Waals surface area contributed by atoms with Gasteiger partial charge in [-0.3, -0.25) is 9.88 Å². The van der Waals surface area contributed by atoms with E-state index in [1.165, 1.54) is 27.8 Å². The number of benzene rings is 1. The first-order valence-electron chi connectivity index (χ1n) is 10.1. The fourth-order valence-corrected chi connectivity index (χ4v) is 4.29. The normalized spacial score (nSPS) is 11.4. The molecule has 4 rings (SSSR count). The molecule has 1 aromatic carbocycles. The quantitative estimate of drug-likeness (QED) is 0.459. The van der Waals surface area contributed by atoms with Gasteiger partial charge in [0.2, 0.25) is 0 Å². The number of imidazole rings is 1. The molecule has 0 spiro atoms. The number of thiazole rings is 1. The summed E-state index contributed by atoms with van der Waals surface area (Å²) in [5.74, 6) is 1.59. The molecule has 4 aromatic rings. The fourth-order valence-electron chi connectivity index (χ4n) is 3.37. The van der Waals surface area contributed by atoms with E-state index in [4.69, 9.17) is 9.72 Å². The molecule has 0 saturated heterocycles. The van der Waals surface area contributed by atoms with Crippen LogP contribution in [0.25, 0.3) is 10.6 Å². The molecule has 0 saturated carbocycles. The maximum atomic E-state index is 12.3. The zero-order valence-corrected chi connectivity index (χ0v) is 19.2. The largest absolute Gasteiger partial charge is 0.497 e. The maximum absolute atomic E-state index is 12.3. The minimum atomic E-state index is -0.313. The Morgan fingerprint density at radius 3 is 2.62 bits per heavy atom. The zero-order valence-electron chi connectivity index (χ0n) is 18.4. The number of nitrogens with zero attached hydrogens (tertiary/aromatic N) is 5. The highest BCUT2D eigenvalue weighted by atomic mass is 32.1. The zero-order chi connectivity index (χ0) is 22.7. The van der Waals surface area contributed by atoms with Crippen molar-refractivity contribution >= 4 is 22.5 Å². The molecule has 0 aliphatic carbocycles. The molecular formula is C23H24N6O2S. The summed E-state index contributed by atoms with van der Waals surface area (Å²) in [5, 5.41) is 3.31. The van der Waals surface area contributed by atoms with Crippen molar-refractivity contribution in [3.63, 3.8) is 0 Å². The van der Waals surface area contributed by atoms with Gasteiger partial charge in [-0.15, -0.1) is 0 Å². The first-order valence-corrected chi connectivity index (χ1v) is 10.9. The Kier molecular flexibility index (Phi) is 6.00. The van der Waals surface area contributed by atoms with Gasteiger partial charge in [-0.1, -0.05) is 37.3 Å². The molecule has 0 atom stereocenters. The number of amides is 1. The highest BCUT2D eigenvalue weighted by Gasteiger charge is 2.25. The van der Waals surface area contributed by atoms with Crippen LogP contribution in [0.2, 0.25) is 0 Å². The minimum Gasteiger partial charge on any atom is -0.497 e. The van der Waals surface area contributed by atoms with Crippen LogP contribution >= 0.6 is 11.3 Å². The van der Waals surface area contributed by atoms with Gasteiger partial charge >= 0.3 is 6.03 Å². The lowest BCUT2D eigenvalue weighted by Gasteiger charge is -2.23. The number of anilines is 1. The minimum absolute atomic E-state index is 0.276. The highest BCUT2D eigenvalue weighted by molar-refractivity contribution is 7.19. The van der Waals surface area contributed by atoms with Crippen molar-refractivity contribution in [3.05, 3.63) is 72.3 Å². The number of nitrogens with one attached hydrogen (secondary N) is 1. The predicted octanol–water partition coefficient (Wildman–Crippen LogP) is 4.71. The van der Waals surface area contributed by atoms with Crippen LogP contribution in [0.15, 0.2) is 55.2 Å². The monoisotopic (exact) mass is 448 g/mol. The molecule has 9 heteroatoms. The second kappa shape index (κ2) is 8.88. The van der Waals surface area contributed by atoms with E-state index >= 15 is 0 Å². The lowest BCUT2D eigenvalue weighted by Crippen LogP contribution is -2.24. The van der Waals surface area contributed by atoms with E-state index in [0.29, 0.717) is 5.13 Å². The Labute approximate surface area is 190 Å². The molecule has 1 N–H and O–H groups in total. The van der Waals surface area contributed by atoms with Gasteiger partial charge in [-0.2, -0.15) is 0 Å². The Morgan fingerprint density at radius 2 is 1.94 bits per heavy atom. The van der Waals surface area contributed by atoms with Crippen LogP contribution in [0.4, 0.5) is 9.93 Å². The summed E-state index contributed by atoms with van der Waals surface area (Å²) in [5.41, 5.74) is 2.49. The summed E-state index contributed by atoms with van der Waals surface area (Å²) in [4.78, 5) is 31.0. The summed E-state index contributed by atoms with van der Waals surface area (Å²) in [6.45, 7) is 6.17. The molecule has 1 amide bonds. The third-order valence-corrected chi connectivity index (χ3v) is 6.14. The molecule has 0 radical (unpaired) electrons. The third-order valence-electron chi connectivity index (χ3n) is 5.05. The molecule has 0 fully saturated rings. The molecule has 164 valence electrons. The smallest absolute Gasteiger partial charge is 0.333 e. The van der Waals surface area contributed by atoms with Crippen LogP contribution in [0.5, 0.6) is 5.75 Å². The number of carbonyl (C=O) groups is 1. The average molecular weight is 449 g/mol. The summed E-state index contributed by atoms with van der Waals surface area (Å²) < 4.78 is 6.61. The van der Waals surface area contributed by atoms with Gasteiger partial charge in [-0.25, -0.2) is 24.7 Å². The van der Waals surface area contributed by atoms with E-state index in [1.54, 1.807) is 25.7 Å². The highest BCUT2D eigenvalue weighted by Crippen LogP contribution is 2.33. The van der Waals surface area contributed by atoms with Crippen LogP contribution in [0.3, 0.4) is 0 Å². The summed E-state index contributed by atoms with van der Waals surface area (Å²) >= 11 is 1.38. The lowest BCUT2D eigenvalue weighted by molar-refractivity contribution is 0.253. The topological polar surface area (TPSA) is 94.8 Å². The maximum Gasteiger partial charge on any atom is 0.333 e. The van der Waals surface area contributed by atoms with Gasteiger partial charge in [0.15, 0.2) is 5.13 Å². The number of methoxy groups -OCH3 is 1. The molecule has 0 aliphatic heterocycles. The van der Waals surface area contributed by atoms with Gasteiger partial charge in [0.1, 0.15) is 17.9 Å². The van der Waals surface area contributed by atoms with E-state index in [9.17, 15) is 4.79 Å². The first kappa shape index (κ1) is 21.6. The van der Waals surface area contributed by atoms with Crippen molar-refractivity contribution < 1.29 is 9.53 Å². The number of aryl methyl sites for hydroxylation is 1. The van der Waals surface area contributed by atoms with Crippen molar-refractivity contribution in [1.82, 2.24) is 24.5 Å². The SMILES string of the molecule is COc1ccc(CC(C)(C)c2nccc(-c3sc(NC(=O)n4ccnc4)nc3C)n2)cc1.